The summed E-state index contributed by atoms with van der Waals surface area (Å²) in [6.07, 6.45) is 3.12. The van der Waals surface area contributed by atoms with Crippen LogP contribution in [0.1, 0.15) is 31.7 Å². The minimum absolute atomic E-state index is 0.132. The fraction of sp³-hybridized carbons (Fsp3) is 0.333. The van der Waals surface area contributed by atoms with Gasteiger partial charge in [0.15, 0.2) is 0 Å². The molecule has 1 aromatic rings. The quantitative estimate of drug-likeness (QED) is 0.511. The van der Waals surface area contributed by atoms with Gasteiger partial charge in [-0.2, -0.15) is 0 Å². The molecule has 0 saturated carbocycles. The average molecular weight is 211 g/mol. The van der Waals surface area contributed by atoms with E-state index in [1.165, 1.54) is 6.07 Å². The third kappa shape index (κ3) is 3.40. The van der Waals surface area contributed by atoms with Crippen molar-refractivity contribution >= 4 is 11.6 Å². The monoisotopic (exact) mass is 210 g/mol. The Kier molecular flexibility index (Phi) is 4.49. The van der Waals surface area contributed by atoms with E-state index in [-0.39, 0.29) is 5.02 Å². The normalized spacial score (nSPS) is 9.36. The molecule has 0 N–H and O–H groups in total. The Morgan fingerprint density at radius 2 is 2.21 bits per heavy atom. The van der Waals surface area contributed by atoms with Crippen LogP contribution in [0.25, 0.3) is 0 Å². The molecule has 0 unspecified atom stereocenters. The van der Waals surface area contributed by atoms with Crippen molar-refractivity contribution < 1.29 is 4.39 Å². The Hall–Kier alpha value is -1.00. The van der Waals surface area contributed by atoms with Crippen LogP contribution in [-0.2, 0) is 0 Å². The van der Waals surface area contributed by atoms with Gasteiger partial charge in [0, 0.05) is 12.0 Å². The number of rotatable bonds is 2. The van der Waals surface area contributed by atoms with Gasteiger partial charge in [-0.1, -0.05) is 36.8 Å². The highest BCUT2D eigenvalue weighted by Crippen LogP contribution is 2.15. The third-order valence-electron chi connectivity index (χ3n) is 1.81. The fourth-order valence-electron chi connectivity index (χ4n) is 1.00. The molecular weight excluding hydrogens is 199 g/mol. The molecule has 74 valence electrons. The summed E-state index contributed by atoms with van der Waals surface area (Å²) in [6.45, 7) is 2.12. The van der Waals surface area contributed by atoms with Gasteiger partial charge < -0.3 is 0 Å². The second-order valence-electron chi connectivity index (χ2n) is 3.03. The van der Waals surface area contributed by atoms with E-state index in [4.69, 9.17) is 11.6 Å². The average Bonchev–Trinajstić information content (AvgIpc) is 2.18. The maximum absolute atomic E-state index is 12.8. The molecule has 0 aliphatic rings. The van der Waals surface area contributed by atoms with Crippen LogP contribution in [0.3, 0.4) is 0 Å². The van der Waals surface area contributed by atoms with Crippen LogP contribution < -0.4 is 0 Å². The molecule has 0 aliphatic heterocycles. The van der Waals surface area contributed by atoms with E-state index in [1.54, 1.807) is 12.1 Å². The van der Waals surface area contributed by atoms with Gasteiger partial charge in [0.05, 0.1) is 5.02 Å². The number of benzene rings is 1. The Labute approximate surface area is 89.1 Å². The van der Waals surface area contributed by atoms with Gasteiger partial charge in [-0.3, -0.25) is 0 Å². The zero-order chi connectivity index (χ0) is 10.4. The maximum atomic E-state index is 12.8. The minimum Gasteiger partial charge on any atom is -0.205 e. The van der Waals surface area contributed by atoms with Gasteiger partial charge in [-0.15, -0.1) is 0 Å². The third-order valence-corrected chi connectivity index (χ3v) is 2.10. The summed E-state index contributed by atoms with van der Waals surface area (Å²) >= 11 is 5.61. The summed E-state index contributed by atoms with van der Waals surface area (Å²) < 4.78 is 12.8. The summed E-state index contributed by atoms with van der Waals surface area (Å²) in [5.74, 6) is 5.57. The lowest BCUT2D eigenvalue weighted by atomic mass is 10.2. The summed E-state index contributed by atoms with van der Waals surface area (Å²) in [6, 6.07) is 4.53. The lowest BCUT2D eigenvalue weighted by Crippen LogP contribution is -1.79. The molecule has 0 aromatic heterocycles. The Morgan fingerprint density at radius 1 is 1.43 bits per heavy atom. The molecule has 0 nitrogen and oxygen atoms in total. The van der Waals surface area contributed by atoms with Crippen LogP contribution in [-0.4, -0.2) is 0 Å². The van der Waals surface area contributed by atoms with Crippen LogP contribution in [0, 0.1) is 17.7 Å². The second kappa shape index (κ2) is 5.67. The van der Waals surface area contributed by atoms with E-state index in [0.717, 1.165) is 24.8 Å². The van der Waals surface area contributed by atoms with Gasteiger partial charge in [-0.05, 0) is 24.6 Å². The molecule has 2 heteroatoms. The molecule has 0 spiro atoms. The largest absolute Gasteiger partial charge is 0.205 e. The molecular formula is C12H12ClF. The molecule has 1 rings (SSSR count). The Bertz CT molecular complexity index is 360. The van der Waals surface area contributed by atoms with Crippen LogP contribution in [0.5, 0.6) is 0 Å². The van der Waals surface area contributed by atoms with E-state index in [2.05, 4.69) is 18.8 Å². The molecule has 0 saturated heterocycles. The molecule has 0 radical (unpaired) electrons. The zero-order valence-electron chi connectivity index (χ0n) is 8.11. The summed E-state index contributed by atoms with van der Waals surface area (Å²) in [7, 11) is 0. The van der Waals surface area contributed by atoms with E-state index < -0.39 is 5.82 Å². The second-order valence-corrected chi connectivity index (χ2v) is 3.44. The number of hydrogen-bond acceptors (Lipinski definition) is 0. The Balaban J connectivity index is 2.66. The van der Waals surface area contributed by atoms with Gasteiger partial charge in [-0.25, -0.2) is 4.39 Å². The predicted molar refractivity (Wildman–Crippen MR) is 57.8 cm³/mol. The maximum Gasteiger partial charge on any atom is 0.141 e. The van der Waals surface area contributed by atoms with Crippen LogP contribution >= 0.6 is 11.6 Å². The Morgan fingerprint density at radius 3 is 2.86 bits per heavy atom. The summed E-state index contributed by atoms with van der Waals surface area (Å²) in [5.41, 5.74) is 0.771. The topological polar surface area (TPSA) is 0 Å². The lowest BCUT2D eigenvalue weighted by Gasteiger charge is -1.93. The van der Waals surface area contributed by atoms with Crippen LogP contribution in [0.4, 0.5) is 4.39 Å². The molecule has 0 fully saturated rings. The first kappa shape index (κ1) is 11.1. The van der Waals surface area contributed by atoms with E-state index in [9.17, 15) is 4.39 Å². The lowest BCUT2D eigenvalue weighted by molar-refractivity contribution is 0.628. The predicted octanol–water partition coefficient (Wildman–Crippen LogP) is 4.02. The highest BCUT2D eigenvalue weighted by atomic mass is 35.5. The standard InChI is InChI=1S/C12H12ClF/c1-2-3-4-5-6-10-7-8-12(14)11(13)9-10/h7-9H,2-4H2,1H3. The van der Waals surface area contributed by atoms with Gasteiger partial charge in [0.2, 0.25) is 0 Å². The van der Waals surface area contributed by atoms with Crippen molar-refractivity contribution in [1.29, 1.82) is 0 Å². The first-order chi connectivity index (χ1) is 6.74. The summed E-state index contributed by atoms with van der Waals surface area (Å²) in [4.78, 5) is 0. The van der Waals surface area contributed by atoms with Crippen LogP contribution in [0.15, 0.2) is 18.2 Å². The molecule has 0 aliphatic carbocycles. The smallest absolute Gasteiger partial charge is 0.141 e. The molecule has 14 heavy (non-hydrogen) atoms. The number of unbranched alkanes of at least 4 members (excludes halogenated alkanes) is 2. The molecule has 0 bridgehead atoms. The van der Waals surface area contributed by atoms with Crippen molar-refractivity contribution in [3.05, 3.63) is 34.6 Å². The van der Waals surface area contributed by atoms with Gasteiger partial charge in [0.25, 0.3) is 0 Å². The van der Waals surface area contributed by atoms with Gasteiger partial charge in [0.1, 0.15) is 5.82 Å². The minimum atomic E-state index is -0.397. The zero-order valence-corrected chi connectivity index (χ0v) is 8.87. The molecule has 0 atom stereocenters. The van der Waals surface area contributed by atoms with Crippen molar-refractivity contribution in [2.45, 2.75) is 26.2 Å². The van der Waals surface area contributed by atoms with E-state index >= 15 is 0 Å². The van der Waals surface area contributed by atoms with Crippen molar-refractivity contribution in [3.8, 4) is 11.8 Å². The highest BCUT2D eigenvalue weighted by Gasteiger charge is 1.97. The van der Waals surface area contributed by atoms with Crippen molar-refractivity contribution in [2.24, 2.45) is 0 Å². The summed E-state index contributed by atoms with van der Waals surface area (Å²) in [5, 5.41) is 0.132. The van der Waals surface area contributed by atoms with E-state index in [1.807, 2.05) is 0 Å². The van der Waals surface area contributed by atoms with Gasteiger partial charge >= 0.3 is 0 Å². The SMILES string of the molecule is CCCCC#Cc1ccc(F)c(Cl)c1. The van der Waals surface area contributed by atoms with Crippen LogP contribution in [0.2, 0.25) is 5.02 Å². The molecule has 1 aromatic carbocycles. The first-order valence-electron chi connectivity index (χ1n) is 4.68. The fourth-order valence-corrected chi connectivity index (χ4v) is 1.18. The first-order valence-corrected chi connectivity index (χ1v) is 5.05. The number of halogens is 2. The highest BCUT2D eigenvalue weighted by molar-refractivity contribution is 6.30. The van der Waals surface area contributed by atoms with Crippen molar-refractivity contribution in [2.75, 3.05) is 0 Å². The number of hydrogen-bond donors (Lipinski definition) is 0. The molecule has 0 heterocycles. The van der Waals surface area contributed by atoms with Crippen molar-refractivity contribution in [3.63, 3.8) is 0 Å². The van der Waals surface area contributed by atoms with Crippen molar-refractivity contribution in [1.82, 2.24) is 0 Å². The van der Waals surface area contributed by atoms with E-state index in [0.29, 0.717) is 0 Å². The molecule has 0 amide bonds.